The Morgan fingerprint density at radius 1 is 1.29 bits per heavy atom. The molecule has 14 heavy (non-hydrogen) atoms. The number of hydrogen-bond acceptors (Lipinski definition) is 2. The van der Waals surface area contributed by atoms with Gasteiger partial charge in [-0.05, 0) is 32.1 Å². The van der Waals surface area contributed by atoms with Crippen molar-refractivity contribution >= 4 is 0 Å². The Morgan fingerprint density at radius 3 is 2.29 bits per heavy atom. The maximum atomic E-state index is 9.85. The molecule has 0 bridgehead atoms. The number of aliphatic hydroxyl groups excluding tert-OH is 1. The van der Waals surface area contributed by atoms with Crippen molar-refractivity contribution in [3.63, 3.8) is 0 Å². The lowest BCUT2D eigenvalue weighted by atomic mass is 9.60. The molecule has 2 rings (SSSR count). The molecule has 2 saturated carbocycles. The summed E-state index contributed by atoms with van der Waals surface area (Å²) in [4.78, 5) is 0. The molecule has 2 fully saturated rings. The first-order chi connectivity index (χ1) is 6.73. The van der Waals surface area contributed by atoms with Crippen LogP contribution >= 0.6 is 0 Å². The van der Waals surface area contributed by atoms with Crippen LogP contribution in [0.3, 0.4) is 0 Å². The summed E-state index contributed by atoms with van der Waals surface area (Å²) in [6, 6.07) is 0. The Hall–Kier alpha value is -0.0800. The second kappa shape index (κ2) is 3.82. The lowest BCUT2D eigenvalue weighted by Crippen LogP contribution is -2.58. The smallest absolute Gasteiger partial charge is 0.0684 e. The molecule has 0 saturated heterocycles. The molecule has 2 unspecified atom stereocenters. The Bertz CT molecular complexity index is 194. The van der Waals surface area contributed by atoms with E-state index in [1.54, 1.807) is 0 Å². The van der Waals surface area contributed by atoms with Gasteiger partial charge in [-0.1, -0.05) is 13.8 Å². The van der Waals surface area contributed by atoms with Crippen molar-refractivity contribution in [2.75, 3.05) is 0 Å². The normalized spacial score (nSPS) is 36.2. The zero-order chi connectivity index (χ0) is 10.2. The quantitative estimate of drug-likeness (QED) is 0.752. The lowest BCUT2D eigenvalue weighted by Gasteiger charge is -2.54. The molecule has 0 heterocycles. The summed E-state index contributed by atoms with van der Waals surface area (Å²) in [6.07, 6.45) is 7.45. The summed E-state index contributed by atoms with van der Waals surface area (Å²) in [6.45, 7) is 4.34. The molecule has 0 radical (unpaired) electrons. The molecule has 2 nitrogen and oxygen atoms in total. The van der Waals surface area contributed by atoms with Crippen LogP contribution in [0.25, 0.3) is 0 Å². The molecule has 2 atom stereocenters. The minimum absolute atomic E-state index is 0.0790. The van der Waals surface area contributed by atoms with Crippen LogP contribution in [0, 0.1) is 5.41 Å². The van der Waals surface area contributed by atoms with Gasteiger partial charge in [0.15, 0.2) is 0 Å². The molecule has 0 amide bonds. The molecule has 0 aliphatic heterocycles. The van der Waals surface area contributed by atoms with E-state index < -0.39 is 0 Å². The van der Waals surface area contributed by atoms with Crippen LogP contribution in [0.15, 0.2) is 0 Å². The molecule has 2 heteroatoms. The molecule has 0 spiro atoms. The number of rotatable bonds is 4. The summed E-state index contributed by atoms with van der Waals surface area (Å²) in [5, 5.41) is 9.85. The zero-order valence-electron chi connectivity index (χ0n) is 9.33. The van der Waals surface area contributed by atoms with Gasteiger partial charge in [-0.15, -0.1) is 0 Å². The van der Waals surface area contributed by atoms with Crippen molar-refractivity contribution in [3.05, 3.63) is 0 Å². The molecular formula is C12H22O2. The maximum Gasteiger partial charge on any atom is 0.0684 e. The molecule has 0 aromatic rings. The fraction of sp³-hybridized carbons (Fsp3) is 1.00. The van der Waals surface area contributed by atoms with Gasteiger partial charge in [0.25, 0.3) is 0 Å². The molecule has 0 aromatic carbocycles. The highest BCUT2D eigenvalue weighted by molar-refractivity contribution is 5.03. The predicted octanol–water partition coefficient (Wildman–Crippen LogP) is 2.50. The van der Waals surface area contributed by atoms with Crippen LogP contribution in [0.2, 0.25) is 0 Å². The maximum absolute atomic E-state index is 9.85. The second-order valence-electron chi connectivity index (χ2n) is 4.87. The standard InChI is InChI=1S/C12H22O2/c1-3-12(4-2)10(13)8-11(12)14-9-6-5-7-9/h9-11,13H,3-8H2,1-2H3. The summed E-state index contributed by atoms with van der Waals surface area (Å²) in [7, 11) is 0. The molecular weight excluding hydrogens is 176 g/mol. The first kappa shape index (κ1) is 10.4. The van der Waals surface area contributed by atoms with E-state index in [0.29, 0.717) is 12.2 Å². The monoisotopic (exact) mass is 198 g/mol. The average molecular weight is 198 g/mol. The van der Waals surface area contributed by atoms with Crippen molar-refractivity contribution in [3.8, 4) is 0 Å². The summed E-state index contributed by atoms with van der Waals surface area (Å²) >= 11 is 0. The van der Waals surface area contributed by atoms with E-state index in [0.717, 1.165) is 19.3 Å². The molecule has 0 aromatic heterocycles. The highest BCUT2D eigenvalue weighted by Crippen LogP contribution is 2.50. The summed E-state index contributed by atoms with van der Waals surface area (Å²) in [5.74, 6) is 0. The van der Waals surface area contributed by atoms with E-state index in [2.05, 4.69) is 13.8 Å². The summed E-state index contributed by atoms with van der Waals surface area (Å²) < 4.78 is 6.03. The van der Waals surface area contributed by atoms with Crippen molar-refractivity contribution in [2.24, 2.45) is 5.41 Å². The van der Waals surface area contributed by atoms with Crippen molar-refractivity contribution in [2.45, 2.75) is 70.7 Å². The predicted molar refractivity (Wildman–Crippen MR) is 56.2 cm³/mol. The molecule has 2 aliphatic rings. The minimum atomic E-state index is -0.123. The number of hydrogen-bond donors (Lipinski definition) is 1. The van der Waals surface area contributed by atoms with Gasteiger partial charge in [0, 0.05) is 11.8 Å². The van der Waals surface area contributed by atoms with Gasteiger partial charge < -0.3 is 9.84 Å². The van der Waals surface area contributed by atoms with Crippen LogP contribution in [-0.2, 0) is 4.74 Å². The van der Waals surface area contributed by atoms with E-state index in [1.807, 2.05) is 0 Å². The Kier molecular flexibility index (Phi) is 2.85. The highest BCUT2D eigenvalue weighted by Gasteiger charge is 2.53. The summed E-state index contributed by atoms with van der Waals surface area (Å²) in [5.41, 5.74) is 0.0790. The number of aliphatic hydroxyl groups is 1. The Balaban J connectivity index is 1.92. The van der Waals surface area contributed by atoms with Crippen LogP contribution in [0.5, 0.6) is 0 Å². The van der Waals surface area contributed by atoms with E-state index in [-0.39, 0.29) is 11.5 Å². The fourth-order valence-electron chi connectivity index (χ4n) is 2.83. The zero-order valence-corrected chi connectivity index (χ0v) is 9.33. The van der Waals surface area contributed by atoms with Crippen LogP contribution in [0.4, 0.5) is 0 Å². The van der Waals surface area contributed by atoms with Gasteiger partial charge in [-0.3, -0.25) is 0 Å². The van der Waals surface area contributed by atoms with E-state index in [1.165, 1.54) is 19.3 Å². The van der Waals surface area contributed by atoms with Crippen molar-refractivity contribution in [1.29, 1.82) is 0 Å². The highest BCUT2D eigenvalue weighted by atomic mass is 16.5. The van der Waals surface area contributed by atoms with Crippen LogP contribution < -0.4 is 0 Å². The van der Waals surface area contributed by atoms with Gasteiger partial charge in [-0.2, -0.15) is 0 Å². The molecule has 2 aliphatic carbocycles. The second-order valence-corrected chi connectivity index (χ2v) is 4.87. The van der Waals surface area contributed by atoms with Gasteiger partial charge in [0.05, 0.1) is 18.3 Å². The van der Waals surface area contributed by atoms with Gasteiger partial charge in [0.2, 0.25) is 0 Å². The van der Waals surface area contributed by atoms with Crippen molar-refractivity contribution < 1.29 is 9.84 Å². The fourth-order valence-corrected chi connectivity index (χ4v) is 2.83. The Morgan fingerprint density at radius 2 is 1.93 bits per heavy atom. The first-order valence-electron chi connectivity index (χ1n) is 6.06. The van der Waals surface area contributed by atoms with Gasteiger partial charge in [-0.25, -0.2) is 0 Å². The van der Waals surface area contributed by atoms with E-state index in [9.17, 15) is 5.11 Å². The van der Waals surface area contributed by atoms with Crippen LogP contribution in [0.1, 0.15) is 52.4 Å². The van der Waals surface area contributed by atoms with Gasteiger partial charge >= 0.3 is 0 Å². The van der Waals surface area contributed by atoms with E-state index >= 15 is 0 Å². The third-order valence-electron chi connectivity index (χ3n) is 4.47. The molecule has 82 valence electrons. The van der Waals surface area contributed by atoms with Crippen LogP contribution in [-0.4, -0.2) is 23.4 Å². The SMILES string of the molecule is CCC1(CC)C(O)CC1OC1CCC1. The molecule has 1 N–H and O–H groups in total. The number of ether oxygens (including phenoxy) is 1. The minimum Gasteiger partial charge on any atom is -0.392 e. The van der Waals surface area contributed by atoms with Crippen molar-refractivity contribution in [1.82, 2.24) is 0 Å². The topological polar surface area (TPSA) is 29.5 Å². The Labute approximate surface area is 86.6 Å². The first-order valence-corrected chi connectivity index (χ1v) is 6.06. The lowest BCUT2D eigenvalue weighted by molar-refractivity contribution is -0.223. The van der Waals surface area contributed by atoms with Gasteiger partial charge in [0.1, 0.15) is 0 Å². The average Bonchev–Trinajstić information content (AvgIpc) is 2.11. The van der Waals surface area contributed by atoms with E-state index in [4.69, 9.17) is 4.74 Å². The third kappa shape index (κ3) is 1.40. The largest absolute Gasteiger partial charge is 0.392 e. The third-order valence-corrected chi connectivity index (χ3v) is 4.47.